The highest BCUT2D eigenvalue weighted by Crippen LogP contribution is 2.32. The summed E-state index contributed by atoms with van der Waals surface area (Å²) in [4.78, 5) is 37.3. The van der Waals surface area contributed by atoms with Gasteiger partial charge in [-0.05, 0) is 30.3 Å². The summed E-state index contributed by atoms with van der Waals surface area (Å²) in [5.41, 5.74) is 3.12. The molecule has 1 aliphatic heterocycles. The van der Waals surface area contributed by atoms with Crippen LogP contribution in [0.1, 0.15) is 17.3 Å². The molecule has 0 atom stereocenters. The number of fused-ring (bicyclic) bond motifs is 1. The summed E-state index contributed by atoms with van der Waals surface area (Å²) in [6, 6.07) is 15.3. The maximum absolute atomic E-state index is 12.7. The Morgan fingerprint density at radius 1 is 0.947 bits per heavy atom. The molecule has 0 radical (unpaired) electrons. The number of methoxy groups -OCH3 is 1. The van der Waals surface area contributed by atoms with Crippen LogP contribution in [-0.4, -0.2) is 77.9 Å². The monoisotopic (exact) mass is 514 g/mol. The first kappa shape index (κ1) is 25.0. The van der Waals surface area contributed by atoms with Gasteiger partial charge >= 0.3 is 0 Å². The van der Waals surface area contributed by atoms with Gasteiger partial charge in [-0.2, -0.15) is 5.10 Å². The fraction of sp³-hybridized carbons (Fsp3) is 0.296. The van der Waals surface area contributed by atoms with E-state index >= 15 is 0 Å². The third kappa shape index (κ3) is 5.22. The quantitative estimate of drug-likeness (QED) is 0.343. The van der Waals surface area contributed by atoms with Gasteiger partial charge in [0, 0.05) is 51.8 Å². The Morgan fingerprint density at radius 2 is 1.68 bits per heavy atom. The summed E-state index contributed by atoms with van der Waals surface area (Å²) in [6.45, 7) is 5.10. The number of hydrogen-bond donors (Lipinski definition) is 2. The molecule has 2 aromatic heterocycles. The zero-order valence-electron chi connectivity index (χ0n) is 21.4. The Balaban J connectivity index is 1.30. The predicted octanol–water partition coefficient (Wildman–Crippen LogP) is 2.02. The number of nitrogens with one attached hydrogen (secondary N) is 2. The zero-order chi connectivity index (χ0) is 26.5. The molecule has 0 bridgehead atoms. The zero-order valence-corrected chi connectivity index (χ0v) is 21.4. The van der Waals surface area contributed by atoms with Crippen molar-refractivity contribution in [3.05, 3.63) is 66.6 Å². The van der Waals surface area contributed by atoms with Crippen molar-refractivity contribution in [2.24, 2.45) is 0 Å². The lowest BCUT2D eigenvalue weighted by atomic mass is 10.1. The Bertz CT molecular complexity index is 1430. The molecule has 0 spiro atoms. The average Bonchev–Trinajstić information content (AvgIpc) is 3.40. The molecule has 3 heterocycles. The van der Waals surface area contributed by atoms with Gasteiger partial charge in [0.1, 0.15) is 17.9 Å². The third-order valence-electron chi connectivity index (χ3n) is 6.49. The van der Waals surface area contributed by atoms with E-state index in [-0.39, 0.29) is 11.8 Å². The lowest BCUT2D eigenvalue weighted by molar-refractivity contribution is -0.118. The van der Waals surface area contributed by atoms with Gasteiger partial charge < -0.3 is 25.2 Å². The lowest BCUT2D eigenvalue weighted by Gasteiger charge is -2.37. The topological polar surface area (TPSA) is 118 Å². The molecule has 4 aromatic rings. The molecule has 1 aliphatic rings. The van der Waals surface area contributed by atoms with Crippen molar-refractivity contribution < 1.29 is 14.3 Å². The van der Waals surface area contributed by atoms with E-state index in [9.17, 15) is 9.59 Å². The van der Waals surface area contributed by atoms with Gasteiger partial charge in [0.15, 0.2) is 5.65 Å². The normalized spacial score (nSPS) is 13.4. The van der Waals surface area contributed by atoms with Crippen LogP contribution in [0.2, 0.25) is 0 Å². The molecule has 0 unspecified atom stereocenters. The number of piperazine rings is 1. The van der Waals surface area contributed by atoms with Crippen LogP contribution < -0.4 is 25.2 Å². The first-order valence-corrected chi connectivity index (χ1v) is 12.5. The number of carbonyl (C=O) groups is 2. The summed E-state index contributed by atoms with van der Waals surface area (Å²) >= 11 is 0. The van der Waals surface area contributed by atoms with E-state index in [0.717, 1.165) is 54.4 Å². The highest BCUT2D eigenvalue weighted by atomic mass is 16.5. The number of carbonyl (C=O) groups excluding carboxylic acids is 2. The smallest absolute Gasteiger partial charge is 0.251 e. The van der Waals surface area contributed by atoms with Gasteiger partial charge in [-0.3, -0.25) is 9.59 Å². The molecule has 196 valence electrons. The second-order valence-corrected chi connectivity index (χ2v) is 8.93. The number of benzene rings is 2. The number of nitrogens with zero attached hydrogens (tertiary/aromatic N) is 6. The Labute approximate surface area is 220 Å². The second-order valence-electron chi connectivity index (χ2n) is 8.93. The summed E-state index contributed by atoms with van der Waals surface area (Å²) in [5, 5.41) is 11.0. The van der Waals surface area contributed by atoms with Crippen molar-refractivity contribution in [1.29, 1.82) is 0 Å². The summed E-state index contributed by atoms with van der Waals surface area (Å²) < 4.78 is 7.43. The minimum Gasteiger partial charge on any atom is -0.495 e. The van der Waals surface area contributed by atoms with Crippen molar-refractivity contribution >= 4 is 34.4 Å². The Kier molecular flexibility index (Phi) is 7.34. The fourth-order valence-corrected chi connectivity index (χ4v) is 4.60. The van der Waals surface area contributed by atoms with Gasteiger partial charge in [0.25, 0.3) is 5.91 Å². The summed E-state index contributed by atoms with van der Waals surface area (Å²) in [6.07, 6.45) is 3.41. The third-order valence-corrected chi connectivity index (χ3v) is 6.49. The van der Waals surface area contributed by atoms with Crippen LogP contribution >= 0.6 is 0 Å². The maximum atomic E-state index is 12.7. The van der Waals surface area contributed by atoms with Gasteiger partial charge in [-0.1, -0.05) is 18.2 Å². The van der Waals surface area contributed by atoms with Crippen LogP contribution in [0.5, 0.6) is 5.75 Å². The van der Waals surface area contributed by atoms with E-state index < -0.39 is 0 Å². The highest BCUT2D eigenvalue weighted by molar-refractivity contribution is 5.95. The number of para-hydroxylation sites is 1. The fourth-order valence-electron chi connectivity index (χ4n) is 4.60. The molecular formula is C27H30N8O3. The van der Waals surface area contributed by atoms with E-state index in [4.69, 9.17) is 4.74 Å². The Hall–Kier alpha value is -4.67. The lowest BCUT2D eigenvalue weighted by Crippen LogP contribution is -2.47. The number of rotatable bonds is 8. The molecule has 1 fully saturated rings. The van der Waals surface area contributed by atoms with Gasteiger partial charge in [-0.15, -0.1) is 0 Å². The molecule has 11 heteroatoms. The number of aromatic nitrogens is 4. The molecule has 2 amide bonds. The number of ether oxygens (including phenoxy) is 1. The minimum absolute atomic E-state index is 0.127. The second kappa shape index (κ2) is 11.2. The van der Waals surface area contributed by atoms with Crippen molar-refractivity contribution in [3.8, 4) is 11.4 Å². The molecule has 5 rings (SSSR count). The van der Waals surface area contributed by atoms with Crippen molar-refractivity contribution in [3.63, 3.8) is 0 Å². The average molecular weight is 515 g/mol. The van der Waals surface area contributed by atoms with E-state index in [1.807, 2.05) is 53.3 Å². The van der Waals surface area contributed by atoms with Crippen LogP contribution in [0.15, 0.2) is 61.1 Å². The van der Waals surface area contributed by atoms with Crippen molar-refractivity contribution in [2.45, 2.75) is 6.92 Å². The molecule has 2 aromatic carbocycles. The van der Waals surface area contributed by atoms with Crippen LogP contribution in [0.4, 0.5) is 11.5 Å². The maximum Gasteiger partial charge on any atom is 0.251 e. The Morgan fingerprint density at radius 3 is 2.42 bits per heavy atom. The number of anilines is 2. The first-order chi connectivity index (χ1) is 18.5. The van der Waals surface area contributed by atoms with Crippen LogP contribution in [0.25, 0.3) is 16.7 Å². The van der Waals surface area contributed by atoms with E-state index in [2.05, 4.69) is 35.5 Å². The van der Waals surface area contributed by atoms with E-state index in [1.165, 1.54) is 6.92 Å². The molecule has 38 heavy (non-hydrogen) atoms. The molecule has 11 nitrogen and oxygen atoms in total. The molecule has 1 saturated heterocycles. The van der Waals surface area contributed by atoms with Gasteiger partial charge in [0.05, 0.1) is 30.1 Å². The van der Waals surface area contributed by atoms with Crippen LogP contribution in [0.3, 0.4) is 0 Å². The molecule has 0 saturated carbocycles. The van der Waals surface area contributed by atoms with Crippen molar-refractivity contribution in [2.75, 3.05) is 56.2 Å². The largest absolute Gasteiger partial charge is 0.495 e. The molecular weight excluding hydrogens is 484 g/mol. The summed E-state index contributed by atoms with van der Waals surface area (Å²) in [5.74, 6) is 1.24. The van der Waals surface area contributed by atoms with Gasteiger partial charge in [-0.25, -0.2) is 14.6 Å². The first-order valence-electron chi connectivity index (χ1n) is 12.5. The van der Waals surface area contributed by atoms with Gasteiger partial charge in [0.2, 0.25) is 5.91 Å². The van der Waals surface area contributed by atoms with Crippen LogP contribution in [-0.2, 0) is 4.79 Å². The summed E-state index contributed by atoms with van der Waals surface area (Å²) in [7, 11) is 1.63. The number of hydrogen-bond acceptors (Lipinski definition) is 8. The predicted molar refractivity (Wildman–Crippen MR) is 145 cm³/mol. The van der Waals surface area contributed by atoms with E-state index in [0.29, 0.717) is 24.4 Å². The van der Waals surface area contributed by atoms with Crippen molar-refractivity contribution in [1.82, 2.24) is 30.4 Å². The standard InChI is InChI=1S/C27H30N8O3/c1-19(36)28-10-11-29-27(37)20-8-9-24(38-2)23(16-20)33-12-14-34(15-13-33)25-22-17-32-35(26(22)31-18-30-25)21-6-4-3-5-7-21/h3-9,16-18H,10-15H2,1-2H3,(H,28,36)(H,29,37). The SMILES string of the molecule is COc1ccc(C(=O)NCCNC(C)=O)cc1N1CCN(c2ncnc3c2cnn3-c2ccccc2)CC1. The minimum atomic E-state index is -0.198. The highest BCUT2D eigenvalue weighted by Gasteiger charge is 2.24. The molecule has 0 aliphatic carbocycles. The molecule has 2 N–H and O–H groups in total. The number of amides is 2. The van der Waals surface area contributed by atoms with Crippen LogP contribution in [0, 0.1) is 0 Å². The van der Waals surface area contributed by atoms with E-state index in [1.54, 1.807) is 19.5 Å².